The molecule has 0 saturated carbocycles. The Labute approximate surface area is 168 Å². The third kappa shape index (κ3) is 4.34. The highest BCUT2D eigenvalue weighted by atomic mass is 32.1. The summed E-state index contributed by atoms with van der Waals surface area (Å²) in [7, 11) is 0. The van der Waals surface area contributed by atoms with Crippen LogP contribution in [0.1, 0.15) is 31.7 Å². The van der Waals surface area contributed by atoms with E-state index in [2.05, 4.69) is 35.0 Å². The van der Waals surface area contributed by atoms with Crippen LogP contribution in [0.2, 0.25) is 0 Å². The van der Waals surface area contributed by atoms with Gasteiger partial charge >= 0.3 is 0 Å². The van der Waals surface area contributed by atoms with Crippen molar-refractivity contribution >= 4 is 28.0 Å². The van der Waals surface area contributed by atoms with Gasteiger partial charge in [0.1, 0.15) is 5.75 Å². The zero-order chi connectivity index (χ0) is 19.3. The fourth-order valence-electron chi connectivity index (χ4n) is 3.73. The van der Waals surface area contributed by atoms with E-state index in [0.717, 1.165) is 48.2 Å². The summed E-state index contributed by atoms with van der Waals surface area (Å²) in [6, 6.07) is 16.6. The number of thiazole rings is 1. The Balaban J connectivity index is 1.32. The summed E-state index contributed by atoms with van der Waals surface area (Å²) in [5.41, 5.74) is 2.24. The molecule has 2 atom stereocenters. The summed E-state index contributed by atoms with van der Waals surface area (Å²) in [4.78, 5) is 17.5. The van der Waals surface area contributed by atoms with Gasteiger partial charge in [0.15, 0.2) is 6.23 Å². The van der Waals surface area contributed by atoms with Crippen LogP contribution in [-0.4, -0.2) is 35.2 Å². The predicted octanol–water partition coefficient (Wildman–Crippen LogP) is 5.00. The van der Waals surface area contributed by atoms with Crippen LogP contribution in [0.15, 0.2) is 48.5 Å². The third-order valence-electron chi connectivity index (χ3n) is 5.27. The summed E-state index contributed by atoms with van der Waals surface area (Å²) < 4.78 is 12.2. The van der Waals surface area contributed by atoms with Crippen molar-refractivity contribution in [2.24, 2.45) is 0 Å². The molecule has 28 heavy (non-hydrogen) atoms. The highest BCUT2D eigenvalue weighted by Gasteiger charge is 2.29. The lowest BCUT2D eigenvalue weighted by Gasteiger charge is -2.29. The number of hydrogen-bond acceptors (Lipinski definition) is 6. The maximum Gasteiger partial charge on any atom is 0.294 e. The van der Waals surface area contributed by atoms with Crippen LogP contribution < -0.4 is 4.74 Å². The molecule has 146 valence electrons. The van der Waals surface area contributed by atoms with Crippen molar-refractivity contribution < 1.29 is 14.3 Å². The summed E-state index contributed by atoms with van der Waals surface area (Å²) in [6.07, 6.45) is 3.96. The minimum Gasteiger partial charge on any atom is -0.449 e. The van der Waals surface area contributed by atoms with Gasteiger partial charge in [-0.15, -0.1) is 0 Å². The van der Waals surface area contributed by atoms with Gasteiger partial charge in [0.05, 0.1) is 10.2 Å². The molecule has 0 radical (unpaired) electrons. The zero-order valence-corrected chi connectivity index (χ0v) is 16.7. The molecule has 1 fully saturated rings. The minimum atomic E-state index is -0.0583. The fraction of sp³-hybridized carbons (Fsp3) is 0.364. The number of benzene rings is 2. The Morgan fingerprint density at radius 2 is 2.07 bits per heavy atom. The van der Waals surface area contributed by atoms with E-state index in [4.69, 9.17) is 9.47 Å². The molecule has 4 rings (SSSR count). The van der Waals surface area contributed by atoms with Gasteiger partial charge < -0.3 is 9.47 Å². The molecule has 6 heteroatoms. The average molecular weight is 397 g/mol. The van der Waals surface area contributed by atoms with Gasteiger partial charge in [-0.2, -0.15) is 0 Å². The second kappa shape index (κ2) is 8.71. The lowest BCUT2D eigenvalue weighted by Crippen LogP contribution is -2.38. The van der Waals surface area contributed by atoms with Crippen LogP contribution in [0, 0.1) is 0 Å². The lowest BCUT2D eigenvalue weighted by molar-refractivity contribution is -0.142. The summed E-state index contributed by atoms with van der Waals surface area (Å²) in [6.45, 7) is 3.77. The van der Waals surface area contributed by atoms with Crippen LogP contribution in [0.3, 0.4) is 0 Å². The zero-order valence-electron chi connectivity index (χ0n) is 15.9. The third-order valence-corrected chi connectivity index (χ3v) is 6.18. The molecule has 5 nitrogen and oxygen atoms in total. The Bertz CT molecular complexity index is 892. The fourth-order valence-corrected chi connectivity index (χ4v) is 4.57. The number of carbonyl (C=O) groups excluding carboxylic acids is 1. The van der Waals surface area contributed by atoms with Crippen molar-refractivity contribution in [3.63, 3.8) is 0 Å². The van der Waals surface area contributed by atoms with Crippen molar-refractivity contribution in [1.29, 1.82) is 0 Å². The van der Waals surface area contributed by atoms with Gasteiger partial charge in [0.2, 0.25) is 0 Å². The van der Waals surface area contributed by atoms with Gasteiger partial charge in [0.25, 0.3) is 11.7 Å². The maximum absolute atomic E-state index is 10.7. The number of fused-ring (bicyclic) bond motifs is 1. The van der Waals surface area contributed by atoms with E-state index in [0.29, 0.717) is 17.7 Å². The number of likely N-dealkylation sites (tertiary alicyclic amines) is 1. The van der Waals surface area contributed by atoms with Crippen LogP contribution >= 0.6 is 11.3 Å². The summed E-state index contributed by atoms with van der Waals surface area (Å²) in [5.74, 6) is 0.801. The van der Waals surface area contributed by atoms with E-state index >= 15 is 0 Å². The van der Waals surface area contributed by atoms with E-state index in [-0.39, 0.29) is 6.23 Å². The number of rotatable bonds is 8. The van der Waals surface area contributed by atoms with Crippen LogP contribution in [0.5, 0.6) is 10.9 Å². The van der Waals surface area contributed by atoms with Crippen molar-refractivity contribution in [1.82, 2.24) is 9.88 Å². The summed E-state index contributed by atoms with van der Waals surface area (Å²) >= 11 is 1.55. The topological polar surface area (TPSA) is 51.7 Å². The molecule has 0 N–H and O–H groups in total. The first-order valence-corrected chi connectivity index (χ1v) is 10.5. The van der Waals surface area contributed by atoms with Gasteiger partial charge in [-0.1, -0.05) is 35.6 Å². The standard InChI is InChI=1S/C22H24N2O3S/c1-16(24-14-4-7-21(24)26-15-25)8-9-17-10-12-18(13-11-17)27-22-23-19-5-2-3-6-20(19)28-22/h2-3,5-6,10-13,15-16,21H,4,7-9,14H2,1H3. The molecule has 2 unspecified atom stereocenters. The molecule has 0 aliphatic carbocycles. The van der Waals surface area contributed by atoms with Crippen LogP contribution in [0.25, 0.3) is 10.2 Å². The second-order valence-corrected chi connectivity index (χ2v) is 8.14. The van der Waals surface area contributed by atoms with E-state index in [1.54, 1.807) is 11.3 Å². The van der Waals surface area contributed by atoms with Crippen molar-refractivity contribution in [3.05, 3.63) is 54.1 Å². The normalized spacial score (nSPS) is 18.2. The number of ether oxygens (including phenoxy) is 2. The first kappa shape index (κ1) is 18.9. The van der Waals surface area contributed by atoms with Crippen molar-refractivity contribution in [2.45, 2.75) is 44.9 Å². The predicted molar refractivity (Wildman–Crippen MR) is 111 cm³/mol. The number of hydrogen-bond donors (Lipinski definition) is 0. The smallest absolute Gasteiger partial charge is 0.294 e. The first-order valence-electron chi connectivity index (χ1n) is 9.70. The highest BCUT2D eigenvalue weighted by molar-refractivity contribution is 7.20. The number of carbonyl (C=O) groups is 1. The molecular formula is C22H24N2O3S. The van der Waals surface area contributed by atoms with E-state index in [1.807, 2.05) is 30.3 Å². The Morgan fingerprint density at radius 3 is 2.86 bits per heavy atom. The van der Waals surface area contributed by atoms with E-state index in [1.165, 1.54) is 5.56 Å². The highest BCUT2D eigenvalue weighted by Crippen LogP contribution is 2.31. The quantitative estimate of drug-likeness (QED) is 0.501. The number of nitrogens with zero attached hydrogens (tertiary/aromatic N) is 2. The van der Waals surface area contributed by atoms with Gasteiger partial charge in [-0.3, -0.25) is 9.69 Å². The average Bonchev–Trinajstić information content (AvgIpc) is 3.34. The Hall–Kier alpha value is -2.44. The molecular weight excluding hydrogens is 372 g/mol. The molecule has 0 bridgehead atoms. The van der Waals surface area contributed by atoms with E-state index < -0.39 is 0 Å². The lowest BCUT2D eigenvalue weighted by atomic mass is 10.1. The molecule has 0 amide bonds. The monoisotopic (exact) mass is 396 g/mol. The van der Waals surface area contributed by atoms with Gasteiger partial charge in [-0.05, 0) is 62.4 Å². The maximum atomic E-state index is 10.7. The molecule has 1 aliphatic rings. The molecule has 0 spiro atoms. The molecule has 3 aromatic rings. The van der Waals surface area contributed by atoms with Gasteiger partial charge in [-0.25, -0.2) is 4.98 Å². The van der Waals surface area contributed by atoms with E-state index in [9.17, 15) is 4.79 Å². The Morgan fingerprint density at radius 1 is 1.25 bits per heavy atom. The number of aromatic nitrogens is 1. The first-order chi connectivity index (χ1) is 13.7. The van der Waals surface area contributed by atoms with Gasteiger partial charge in [0, 0.05) is 12.6 Å². The molecule has 2 heterocycles. The summed E-state index contributed by atoms with van der Waals surface area (Å²) in [5, 5.41) is 0.665. The Kier molecular flexibility index (Phi) is 5.88. The molecule has 1 aromatic heterocycles. The van der Waals surface area contributed by atoms with Crippen LogP contribution in [-0.2, 0) is 16.0 Å². The van der Waals surface area contributed by atoms with Crippen molar-refractivity contribution in [3.8, 4) is 10.9 Å². The molecule has 1 aliphatic heterocycles. The SMILES string of the molecule is CC(CCc1ccc(Oc2nc3ccccc3s2)cc1)N1CCCC1OC=O. The van der Waals surface area contributed by atoms with Crippen molar-refractivity contribution in [2.75, 3.05) is 6.54 Å². The number of para-hydroxylation sites is 1. The molecule has 1 saturated heterocycles. The minimum absolute atomic E-state index is 0.0583. The van der Waals surface area contributed by atoms with Crippen LogP contribution in [0.4, 0.5) is 0 Å². The molecule has 2 aromatic carbocycles. The largest absolute Gasteiger partial charge is 0.449 e. The second-order valence-electron chi connectivity index (χ2n) is 7.15. The number of aryl methyl sites for hydroxylation is 1.